The number of carbonyl (C=O) groups is 2. The normalized spacial score (nSPS) is 24.6. The second-order valence-corrected chi connectivity index (χ2v) is 7.97. The van der Waals surface area contributed by atoms with Crippen molar-refractivity contribution >= 4 is 11.8 Å². The Kier molecular flexibility index (Phi) is 4.96. The second-order valence-electron chi connectivity index (χ2n) is 7.97. The van der Waals surface area contributed by atoms with Gasteiger partial charge in [0.05, 0.1) is 6.04 Å². The molecule has 0 unspecified atom stereocenters. The van der Waals surface area contributed by atoms with Crippen molar-refractivity contribution in [2.75, 3.05) is 19.6 Å². The second kappa shape index (κ2) is 7.37. The molecule has 0 bridgehead atoms. The predicted molar refractivity (Wildman–Crippen MR) is 96.7 cm³/mol. The topological polar surface area (TPSA) is 40.6 Å². The summed E-state index contributed by atoms with van der Waals surface area (Å²) in [6.07, 6.45) is 6.71. The molecule has 26 heavy (non-hydrogen) atoms. The number of benzene rings is 1. The Morgan fingerprint density at radius 2 is 1.46 bits per heavy atom. The molecular weight excluding hydrogens is 331 g/mol. The Morgan fingerprint density at radius 3 is 2.08 bits per heavy atom. The fourth-order valence-electron chi connectivity index (χ4n) is 4.56. The standard InChI is InChI=1S/C21H27FN2O2/c22-18-8-6-15(7-9-18)19-5-2-12-24(19)21(26)17-10-13-23(14-11-17)20(25)16-3-1-4-16/h6-9,16-17,19H,1-5,10-14H2/t19-/m0/s1. The van der Waals surface area contributed by atoms with Gasteiger partial charge in [0, 0.05) is 31.5 Å². The molecule has 4 rings (SSSR count). The van der Waals surface area contributed by atoms with E-state index in [1.807, 2.05) is 9.80 Å². The van der Waals surface area contributed by atoms with Gasteiger partial charge in [0.1, 0.15) is 5.82 Å². The molecule has 2 amide bonds. The summed E-state index contributed by atoms with van der Waals surface area (Å²) in [7, 11) is 0. The first-order chi connectivity index (χ1) is 12.6. The zero-order valence-electron chi connectivity index (χ0n) is 15.2. The van der Waals surface area contributed by atoms with Crippen LogP contribution < -0.4 is 0 Å². The Labute approximate surface area is 154 Å². The smallest absolute Gasteiger partial charge is 0.226 e. The number of halogens is 1. The van der Waals surface area contributed by atoms with E-state index in [9.17, 15) is 14.0 Å². The lowest BCUT2D eigenvalue weighted by molar-refractivity contribution is -0.144. The fraction of sp³-hybridized carbons (Fsp3) is 0.619. The van der Waals surface area contributed by atoms with E-state index in [2.05, 4.69) is 0 Å². The minimum absolute atomic E-state index is 0.0153. The highest BCUT2D eigenvalue weighted by Crippen LogP contribution is 2.35. The third kappa shape index (κ3) is 3.36. The van der Waals surface area contributed by atoms with E-state index in [0.29, 0.717) is 19.0 Å². The molecule has 0 aromatic heterocycles. The average molecular weight is 358 g/mol. The number of hydrogen-bond donors (Lipinski definition) is 0. The summed E-state index contributed by atoms with van der Waals surface area (Å²) >= 11 is 0. The lowest BCUT2D eigenvalue weighted by Crippen LogP contribution is -2.46. The molecule has 4 nitrogen and oxygen atoms in total. The van der Waals surface area contributed by atoms with Crippen molar-refractivity contribution in [2.24, 2.45) is 11.8 Å². The summed E-state index contributed by atoms with van der Waals surface area (Å²) in [5.41, 5.74) is 1.02. The summed E-state index contributed by atoms with van der Waals surface area (Å²) in [4.78, 5) is 29.4. The number of rotatable bonds is 3. The highest BCUT2D eigenvalue weighted by atomic mass is 19.1. The Balaban J connectivity index is 1.36. The average Bonchev–Trinajstić information content (AvgIpc) is 3.10. The van der Waals surface area contributed by atoms with Crippen LogP contribution in [-0.4, -0.2) is 41.2 Å². The maximum absolute atomic E-state index is 13.2. The molecule has 3 fully saturated rings. The van der Waals surface area contributed by atoms with Crippen molar-refractivity contribution in [2.45, 2.75) is 51.0 Å². The first-order valence-electron chi connectivity index (χ1n) is 9.98. The summed E-state index contributed by atoms with van der Waals surface area (Å²) < 4.78 is 13.2. The highest BCUT2D eigenvalue weighted by molar-refractivity contribution is 5.82. The molecule has 0 spiro atoms. The van der Waals surface area contributed by atoms with Crippen LogP contribution in [0.5, 0.6) is 0 Å². The van der Waals surface area contributed by atoms with E-state index >= 15 is 0 Å². The van der Waals surface area contributed by atoms with Crippen LogP contribution in [-0.2, 0) is 9.59 Å². The molecule has 1 aliphatic carbocycles. The molecule has 5 heteroatoms. The number of carbonyl (C=O) groups excluding carboxylic acids is 2. The number of hydrogen-bond acceptors (Lipinski definition) is 2. The predicted octanol–water partition coefficient (Wildman–Crippen LogP) is 3.53. The summed E-state index contributed by atoms with van der Waals surface area (Å²) in [6, 6.07) is 6.61. The molecular formula is C21H27FN2O2. The van der Waals surface area contributed by atoms with E-state index in [4.69, 9.17) is 0 Å². The number of likely N-dealkylation sites (tertiary alicyclic amines) is 2. The third-order valence-electron chi connectivity index (χ3n) is 6.40. The molecule has 2 saturated heterocycles. The first-order valence-corrected chi connectivity index (χ1v) is 9.98. The van der Waals surface area contributed by atoms with Gasteiger partial charge in [-0.3, -0.25) is 9.59 Å². The highest BCUT2D eigenvalue weighted by Gasteiger charge is 2.37. The Hall–Kier alpha value is -1.91. The molecule has 0 radical (unpaired) electrons. The minimum atomic E-state index is -0.242. The summed E-state index contributed by atoms with van der Waals surface area (Å²) in [6.45, 7) is 2.20. The van der Waals surface area contributed by atoms with Crippen LogP contribution >= 0.6 is 0 Å². The van der Waals surface area contributed by atoms with Crippen molar-refractivity contribution in [3.05, 3.63) is 35.6 Å². The van der Waals surface area contributed by atoms with Crippen molar-refractivity contribution in [3.63, 3.8) is 0 Å². The lowest BCUT2D eigenvalue weighted by Gasteiger charge is -2.38. The van der Waals surface area contributed by atoms with E-state index in [1.54, 1.807) is 12.1 Å². The van der Waals surface area contributed by atoms with Crippen LogP contribution in [0.15, 0.2) is 24.3 Å². The van der Waals surface area contributed by atoms with Gasteiger partial charge in [-0.2, -0.15) is 0 Å². The van der Waals surface area contributed by atoms with Gasteiger partial charge in [-0.1, -0.05) is 18.6 Å². The molecule has 2 heterocycles. The van der Waals surface area contributed by atoms with Crippen LogP contribution in [0.2, 0.25) is 0 Å². The van der Waals surface area contributed by atoms with Crippen LogP contribution in [0.4, 0.5) is 4.39 Å². The summed E-state index contributed by atoms with van der Waals surface area (Å²) in [5, 5.41) is 0. The monoisotopic (exact) mass is 358 g/mol. The number of amides is 2. The zero-order valence-corrected chi connectivity index (χ0v) is 15.2. The Bertz CT molecular complexity index is 663. The quantitative estimate of drug-likeness (QED) is 0.829. The maximum Gasteiger partial charge on any atom is 0.226 e. The van der Waals surface area contributed by atoms with Crippen molar-refractivity contribution in [1.82, 2.24) is 9.80 Å². The molecule has 1 atom stereocenters. The molecule has 0 N–H and O–H groups in total. The van der Waals surface area contributed by atoms with Gasteiger partial charge >= 0.3 is 0 Å². The van der Waals surface area contributed by atoms with Crippen LogP contribution in [0.25, 0.3) is 0 Å². The molecule has 2 aliphatic heterocycles. The van der Waals surface area contributed by atoms with E-state index in [0.717, 1.165) is 50.6 Å². The lowest BCUT2D eigenvalue weighted by atomic mass is 9.83. The van der Waals surface area contributed by atoms with Gasteiger partial charge in [0.25, 0.3) is 0 Å². The van der Waals surface area contributed by atoms with Crippen molar-refractivity contribution in [3.8, 4) is 0 Å². The maximum atomic E-state index is 13.2. The van der Waals surface area contributed by atoms with Gasteiger partial charge in [0.15, 0.2) is 0 Å². The van der Waals surface area contributed by atoms with Crippen molar-refractivity contribution in [1.29, 1.82) is 0 Å². The number of piperidine rings is 1. The molecule has 140 valence electrons. The van der Waals surface area contributed by atoms with E-state index in [-0.39, 0.29) is 29.6 Å². The Morgan fingerprint density at radius 1 is 0.808 bits per heavy atom. The van der Waals surface area contributed by atoms with Crippen molar-refractivity contribution < 1.29 is 14.0 Å². The van der Waals surface area contributed by atoms with Gasteiger partial charge in [0.2, 0.25) is 11.8 Å². The van der Waals surface area contributed by atoms with Crippen LogP contribution in [0.3, 0.4) is 0 Å². The largest absolute Gasteiger partial charge is 0.342 e. The molecule has 3 aliphatic rings. The van der Waals surface area contributed by atoms with Gasteiger partial charge in [-0.05, 0) is 56.2 Å². The molecule has 1 aromatic carbocycles. The first kappa shape index (κ1) is 17.5. The number of nitrogens with zero attached hydrogens (tertiary/aromatic N) is 2. The van der Waals surface area contributed by atoms with E-state index in [1.165, 1.54) is 18.6 Å². The molecule has 1 aromatic rings. The van der Waals surface area contributed by atoms with Gasteiger partial charge in [-0.15, -0.1) is 0 Å². The minimum Gasteiger partial charge on any atom is -0.342 e. The van der Waals surface area contributed by atoms with Crippen LogP contribution in [0, 0.1) is 17.7 Å². The van der Waals surface area contributed by atoms with E-state index < -0.39 is 0 Å². The van der Waals surface area contributed by atoms with Gasteiger partial charge < -0.3 is 9.80 Å². The van der Waals surface area contributed by atoms with Crippen LogP contribution in [0.1, 0.15) is 56.6 Å². The molecule has 1 saturated carbocycles. The zero-order chi connectivity index (χ0) is 18.1. The SMILES string of the molecule is O=C(C1CCC1)N1CCC(C(=O)N2CCC[C@H]2c2ccc(F)cc2)CC1. The summed E-state index contributed by atoms with van der Waals surface area (Å²) in [5.74, 6) is 0.526. The fourth-order valence-corrected chi connectivity index (χ4v) is 4.56. The third-order valence-corrected chi connectivity index (χ3v) is 6.40. The van der Waals surface area contributed by atoms with Gasteiger partial charge in [-0.25, -0.2) is 4.39 Å².